The largest absolute Gasteiger partial charge is 0.310 e. The van der Waals surface area contributed by atoms with Crippen molar-refractivity contribution in [1.82, 2.24) is 0 Å². The Bertz CT molecular complexity index is 3090. The second kappa shape index (κ2) is 12.6. The molecule has 0 saturated carbocycles. The van der Waals surface area contributed by atoms with Crippen molar-refractivity contribution in [1.29, 1.82) is 0 Å². The van der Waals surface area contributed by atoms with E-state index in [-0.39, 0.29) is 5.41 Å². The molecule has 0 aromatic heterocycles. The number of fused-ring (bicyclic) bond motifs is 13. The van der Waals surface area contributed by atoms with Crippen LogP contribution in [0.15, 0.2) is 212 Å². The van der Waals surface area contributed by atoms with Gasteiger partial charge < -0.3 is 4.90 Å². The van der Waals surface area contributed by atoms with E-state index in [0.29, 0.717) is 0 Å². The molecular weight excluding hydrogens is 711 g/mol. The summed E-state index contributed by atoms with van der Waals surface area (Å²) >= 11 is 0. The van der Waals surface area contributed by atoms with Gasteiger partial charge in [0, 0.05) is 22.4 Å². The minimum Gasteiger partial charge on any atom is -0.310 e. The highest BCUT2D eigenvalue weighted by Crippen LogP contribution is 2.64. The van der Waals surface area contributed by atoms with Crippen LogP contribution in [-0.2, 0) is 10.8 Å². The number of para-hydroxylation sites is 1. The van der Waals surface area contributed by atoms with Crippen LogP contribution in [0, 0.1) is 0 Å². The molecule has 0 N–H and O–H groups in total. The molecule has 9 aromatic carbocycles. The normalized spacial score (nSPS) is 14.2. The summed E-state index contributed by atoms with van der Waals surface area (Å²) in [6.07, 6.45) is 0. The molecule has 278 valence electrons. The minimum absolute atomic E-state index is 0.129. The second-order valence-corrected chi connectivity index (χ2v) is 16.8. The van der Waals surface area contributed by atoms with Crippen LogP contribution >= 0.6 is 0 Å². The molecule has 1 nitrogen and oxygen atoms in total. The molecule has 0 fully saturated rings. The Morgan fingerprint density at radius 3 is 1.46 bits per heavy atom. The zero-order chi connectivity index (χ0) is 39.3. The van der Waals surface area contributed by atoms with Gasteiger partial charge in [0.25, 0.3) is 0 Å². The topological polar surface area (TPSA) is 3.24 Å². The van der Waals surface area contributed by atoms with Crippen LogP contribution in [0.2, 0.25) is 0 Å². The predicted molar refractivity (Wildman–Crippen MR) is 246 cm³/mol. The second-order valence-electron chi connectivity index (χ2n) is 16.8. The number of anilines is 3. The van der Waals surface area contributed by atoms with Crippen LogP contribution in [0.4, 0.5) is 17.1 Å². The van der Waals surface area contributed by atoms with Crippen LogP contribution in [0.25, 0.3) is 55.6 Å². The average molecular weight is 752 g/mol. The molecule has 0 amide bonds. The maximum absolute atomic E-state index is 2.50. The molecule has 0 atom stereocenters. The Balaban J connectivity index is 1.13. The van der Waals surface area contributed by atoms with Crippen molar-refractivity contribution in [3.63, 3.8) is 0 Å². The maximum atomic E-state index is 2.50. The molecule has 0 aliphatic heterocycles. The lowest BCUT2D eigenvalue weighted by Gasteiger charge is -2.32. The lowest BCUT2D eigenvalue weighted by atomic mass is 9.70. The van der Waals surface area contributed by atoms with Gasteiger partial charge in [-0.25, -0.2) is 0 Å². The first-order valence-electron chi connectivity index (χ1n) is 20.8. The zero-order valence-electron chi connectivity index (χ0n) is 33.2. The number of rotatable bonds is 5. The van der Waals surface area contributed by atoms with Crippen molar-refractivity contribution in [3.05, 3.63) is 246 Å². The van der Waals surface area contributed by atoms with E-state index < -0.39 is 5.41 Å². The van der Waals surface area contributed by atoms with Gasteiger partial charge in [0.15, 0.2) is 0 Å². The van der Waals surface area contributed by atoms with E-state index in [1.165, 1.54) is 89.0 Å². The Labute approximate surface area is 346 Å². The first kappa shape index (κ1) is 33.9. The van der Waals surface area contributed by atoms with Crippen molar-refractivity contribution >= 4 is 17.1 Å². The zero-order valence-corrected chi connectivity index (χ0v) is 33.2. The fourth-order valence-corrected chi connectivity index (χ4v) is 10.9. The minimum atomic E-state index is -0.447. The van der Waals surface area contributed by atoms with Gasteiger partial charge in [0.05, 0.1) is 11.1 Å². The highest BCUT2D eigenvalue weighted by Gasteiger charge is 2.52. The monoisotopic (exact) mass is 751 g/mol. The summed E-state index contributed by atoms with van der Waals surface area (Å²) in [7, 11) is 0. The van der Waals surface area contributed by atoms with Gasteiger partial charge >= 0.3 is 0 Å². The number of nitrogens with zero attached hydrogens (tertiary/aromatic N) is 1. The lowest BCUT2D eigenvalue weighted by molar-refractivity contribution is 0.660. The Kier molecular flexibility index (Phi) is 7.26. The van der Waals surface area contributed by atoms with Crippen LogP contribution in [0.1, 0.15) is 47.2 Å². The molecule has 0 unspecified atom stereocenters. The molecule has 3 aliphatic carbocycles. The SMILES string of the molecule is CC1(C)c2ccccc2-c2ccc(N(c3ccc4c(c3)-c3ccc(-c5ccccc5)cc3C43c4ccccc4-c4ccccc43)c3ccccc3-c3ccccc3)cc21. The van der Waals surface area contributed by atoms with Gasteiger partial charge in [-0.3, -0.25) is 0 Å². The summed E-state index contributed by atoms with van der Waals surface area (Å²) in [4.78, 5) is 2.50. The molecule has 0 bridgehead atoms. The Morgan fingerprint density at radius 1 is 0.288 bits per heavy atom. The van der Waals surface area contributed by atoms with E-state index >= 15 is 0 Å². The summed E-state index contributed by atoms with van der Waals surface area (Å²) in [6.45, 7) is 4.74. The lowest BCUT2D eigenvalue weighted by Crippen LogP contribution is -2.26. The van der Waals surface area contributed by atoms with E-state index in [4.69, 9.17) is 0 Å². The molecule has 0 saturated heterocycles. The Hall–Kier alpha value is -7.22. The van der Waals surface area contributed by atoms with E-state index in [1.54, 1.807) is 0 Å². The summed E-state index contributed by atoms with van der Waals surface area (Å²) < 4.78 is 0. The van der Waals surface area contributed by atoms with Crippen molar-refractivity contribution in [2.24, 2.45) is 0 Å². The average Bonchev–Trinajstić information content (AvgIpc) is 3.85. The first-order valence-corrected chi connectivity index (χ1v) is 20.8. The van der Waals surface area contributed by atoms with Crippen LogP contribution < -0.4 is 4.90 Å². The quantitative estimate of drug-likeness (QED) is 0.169. The standard InChI is InChI=1S/C58H41N/c1-57(2)50-25-13-9-22-44(50)47-33-30-42(37-54(47)57)59(56-28-16-12-21-43(56)39-19-7-4-8-20-39)41-31-34-53-49(36-41)48-32-29-40(38-17-5-3-6-18-38)35-55(48)58(53)51-26-14-10-23-45(51)46-24-11-15-27-52(46)58/h3-37H,1-2H3. The van der Waals surface area contributed by atoms with Gasteiger partial charge in [0.1, 0.15) is 0 Å². The predicted octanol–water partition coefficient (Wildman–Crippen LogP) is 15.1. The van der Waals surface area contributed by atoms with Crippen LogP contribution in [-0.4, -0.2) is 0 Å². The van der Waals surface area contributed by atoms with Crippen molar-refractivity contribution in [2.75, 3.05) is 4.90 Å². The summed E-state index contributed by atoms with van der Waals surface area (Å²) in [5, 5.41) is 0. The Morgan fingerprint density at radius 2 is 0.763 bits per heavy atom. The molecule has 3 aliphatic rings. The van der Waals surface area contributed by atoms with Crippen molar-refractivity contribution in [3.8, 4) is 55.6 Å². The number of benzene rings is 9. The van der Waals surface area contributed by atoms with Crippen molar-refractivity contribution < 1.29 is 0 Å². The highest BCUT2D eigenvalue weighted by molar-refractivity contribution is 5.98. The van der Waals surface area contributed by atoms with Crippen LogP contribution in [0.3, 0.4) is 0 Å². The molecular formula is C58H41N. The third-order valence-corrected chi connectivity index (χ3v) is 13.5. The fourth-order valence-electron chi connectivity index (χ4n) is 10.9. The highest BCUT2D eigenvalue weighted by atomic mass is 15.1. The van der Waals surface area contributed by atoms with E-state index in [0.717, 1.165) is 17.1 Å². The van der Waals surface area contributed by atoms with Gasteiger partial charge in [0.2, 0.25) is 0 Å². The molecule has 9 aromatic rings. The maximum Gasteiger partial charge on any atom is 0.0725 e. The molecule has 12 rings (SSSR count). The fraction of sp³-hybridized carbons (Fsp3) is 0.0690. The summed E-state index contributed by atoms with van der Waals surface area (Å²) in [5.74, 6) is 0. The summed E-state index contributed by atoms with van der Waals surface area (Å²) in [5.41, 5.74) is 23.7. The first-order chi connectivity index (χ1) is 29.0. The molecule has 1 spiro atoms. The van der Waals surface area contributed by atoms with E-state index in [1.807, 2.05) is 0 Å². The summed E-state index contributed by atoms with van der Waals surface area (Å²) in [6, 6.07) is 79.2. The van der Waals surface area contributed by atoms with E-state index in [2.05, 4.69) is 231 Å². The van der Waals surface area contributed by atoms with Gasteiger partial charge in [-0.2, -0.15) is 0 Å². The van der Waals surface area contributed by atoms with E-state index in [9.17, 15) is 0 Å². The van der Waals surface area contributed by atoms with Crippen molar-refractivity contribution in [2.45, 2.75) is 24.7 Å². The third-order valence-electron chi connectivity index (χ3n) is 13.5. The third kappa shape index (κ3) is 4.73. The van der Waals surface area contributed by atoms with Crippen LogP contribution in [0.5, 0.6) is 0 Å². The van der Waals surface area contributed by atoms with Gasteiger partial charge in [-0.15, -0.1) is 0 Å². The molecule has 1 heteroatoms. The smallest absolute Gasteiger partial charge is 0.0725 e. The molecule has 59 heavy (non-hydrogen) atoms. The molecule has 0 heterocycles. The number of hydrogen-bond donors (Lipinski definition) is 0. The van der Waals surface area contributed by atoms with Gasteiger partial charge in [-0.1, -0.05) is 190 Å². The molecule has 0 radical (unpaired) electrons. The number of hydrogen-bond acceptors (Lipinski definition) is 1. The van der Waals surface area contributed by atoms with Gasteiger partial charge in [-0.05, 0) is 120 Å².